The van der Waals surface area contributed by atoms with Gasteiger partial charge in [0.15, 0.2) is 5.78 Å². The Morgan fingerprint density at radius 2 is 1.94 bits per heavy atom. The first kappa shape index (κ1) is 21.3. The summed E-state index contributed by atoms with van der Waals surface area (Å²) in [5.74, 6) is 1.35. The molecule has 0 amide bonds. The van der Waals surface area contributed by atoms with Crippen molar-refractivity contribution < 1.29 is 14.3 Å². The number of rotatable bonds is 9. The third-order valence-electron chi connectivity index (χ3n) is 5.56. The lowest BCUT2D eigenvalue weighted by Gasteiger charge is -2.25. The molecule has 1 aliphatic carbocycles. The second-order valence-corrected chi connectivity index (χ2v) is 8.54. The quantitative estimate of drug-likeness (QED) is 0.467. The van der Waals surface area contributed by atoms with Crippen LogP contribution in [-0.4, -0.2) is 21.9 Å². The molecule has 1 atom stereocenters. The summed E-state index contributed by atoms with van der Waals surface area (Å²) in [5.41, 5.74) is 3.88. The summed E-state index contributed by atoms with van der Waals surface area (Å²) in [6, 6.07) is 14.2. The maximum atomic E-state index is 12.8. The van der Waals surface area contributed by atoms with Gasteiger partial charge in [0.1, 0.15) is 11.9 Å². The van der Waals surface area contributed by atoms with E-state index in [4.69, 9.17) is 9.47 Å². The molecule has 1 unspecified atom stereocenters. The Bertz CT molecular complexity index is 997. The fourth-order valence-electron chi connectivity index (χ4n) is 4.07. The summed E-state index contributed by atoms with van der Waals surface area (Å²) in [7, 11) is 0. The molecule has 5 nitrogen and oxygen atoms in total. The summed E-state index contributed by atoms with van der Waals surface area (Å²) in [6.45, 7) is 5.91. The first-order valence-corrected chi connectivity index (χ1v) is 11.0. The molecule has 1 heterocycles. The van der Waals surface area contributed by atoms with Gasteiger partial charge < -0.3 is 14.0 Å². The molecule has 2 aromatic carbocycles. The van der Waals surface area contributed by atoms with Crippen LogP contribution in [0.25, 0.3) is 0 Å². The van der Waals surface area contributed by atoms with Gasteiger partial charge in [-0.05, 0) is 36.0 Å². The molecular weight excluding hydrogens is 388 g/mol. The zero-order valence-electron chi connectivity index (χ0n) is 18.3. The Hall–Kier alpha value is -2.92. The Morgan fingerprint density at radius 3 is 2.68 bits per heavy atom. The average Bonchev–Trinajstić information content (AvgIpc) is 3.28. The minimum absolute atomic E-state index is 0.195. The molecule has 0 N–H and O–H groups in total. The highest BCUT2D eigenvalue weighted by Gasteiger charge is 2.25. The van der Waals surface area contributed by atoms with E-state index in [0.717, 1.165) is 40.8 Å². The van der Waals surface area contributed by atoms with Crippen molar-refractivity contribution in [3.63, 3.8) is 0 Å². The van der Waals surface area contributed by atoms with Crippen molar-refractivity contribution in [1.29, 1.82) is 0 Å². The Labute approximate surface area is 184 Å². The lowest BCUT2D eigenvalue weighted by Crippen LogP contribution is -2.19. The Kier molecular flexibility index (Phi) is 6.82. The summed E-state index contributed by atoms with van der Waals surface area (Å²) >= 11 is 0. The van der Waals surface area contributed by atoms with Crippen molar-refractivity contribution in [2.24, 2.45) is 5.92 Å². The van der Waals surface area contributed by atoms with Crippen molar-refractivity contribution in [2.75, 3.05) is 6.61 Å². The highest BCUT2D eigenvalue weighted by molar-refractivity contribution is 6.00. The van der Waals surface area contributed by atoms with E-state index in [0.29, 0.717) is 32.1 Å². The number of carbonyl (C=O) groups is 1. The van der Waals surface area contributed by atoms with Crippen LogP contribution < -0.4 is 4.74 Å². The number of ether oxygens (including phenoxy) is 2. The van der Waals surface area contributed by atoms with Crippen LogP contribution in [-0.2, 0) is 24.3 Å². The van der Waals surface area contributed by atoms with Crippen LogP contribution in [0.2, 0.25) is 0 Å². The molecule has 0 saturated carbocycles. The fraction of sp³-hybridized carbons (Fsp3) is 0.385. The first-order chi connectivity index (χ1) is 15.1. The van der Waals surface area contributed by atoms with Crippen LogP contribution in [0.15, 0.2) is 61.2 Å². The van der Waals surface area contributed by atoms with Gasteiger partial charge in [0.2, 0.25) is 0 Å². The molecule has 3 aromatic rings. The smallest absolute Gasteiger partial charge is 0.163 e. The summed E-state index contributed by atoms with van der Waals surface area (Å²) in [4.78, 5) is 17.0. The zero-order chi connectivity index (χ0) is 21.6. The van der Waals surface area contributed by atoms with E-state index in [2.05, 4.69) is 31.0 Å². The summed E-state index contributed by atoms with van der Waals surface area (Å²) < 4.78 is 14.6. The molecule has 31 heavy (non-hydrogen) atoms. The van der Waals surface area contributed by atoms with Gasteiger partial charge in [-0.2, -0.15) is 0 Å². The molecule has 0 aliphatic heterocycles. The highest BCUT2D eigenvalue weighted by Crippen LogP contribution is 2.35. The number of carbonyl (C=O) groups excluding carboxylic acids is 1. The Morgan fingerprint density at radius 1 is 1.10 bits per heavy atom. The second kappa shape index (κ2) is 9.92. The molecule has 0 fully saturated rings. The van der Waals surface area contributed by atoms with Crippen LogP contribution in [0.1, 0.15) is 59.8 Å². The fourth-order valence-corrected chi connectivity index (χ4v) is 4.07. The first-order valence-electron chi connectivity index (χ1n) is 11.0. The molecule has 0 saturated heterocycles. The molecule has 1 aromatic heterocycles. The number of aryl methyl sites for hydroxylation is 1. The highest BCUT2D eigenvalue weighted by atomic mass is 16.5. The van der Waals surface area contributed by atoms with Crippen LogP contribution >= 0.6 is 0 Å². The predicted octanol–water partition coefficient (Wildman–Crippen LogP) is 5.40. The topological polar surface area (TPSA) is 53.4 Å². The number of benzene rings is 2. The van der Waals surface area contributed by atoms with E-state index in [1.54, 1.807) is 12.5 Å². The van der Waals surface area contributed by atoms with E-state index in [1.165, 1.54) is 0 Å². The van der Waals surface area contributed by atoms with E-state index >= 15 is 0 Å². The van der Waals surface area contributed by atoms with Gasteiger partial charge >= 0.3 is 0 Å². The zero-order valence-corrected chi connectivity index (χ0v) is 18.3. The molecule has 5 heteroatoms. The third kappa shape index (κ3) is 5.23. The maximum Gasteiger partial charge on any atom is 0.163 e. The van der Waals surface area contributed by atoms with Gasteiger partial charge in [-0.25, -0.2) is 4.98 Å². The number of ketones is 1. The molecule has 1 aliphatic rings. The van der Waals surface area contributed by atoms with Gasteiger partial charge in [-0.3, -0.25) is 4.79 Å². The van der Waals surface area contributed by atoms with E-state index in [9.17, 15) is 4.79 Å². The average molecular weight is 419 g/mol. The van der Waals surface area contributed by atoms with Crippen molar-refractivity contribution in [3.05, 3.63) is 83.4 Å². The number of hydrogen-bond acceptors (Lipinski definition) is 4. The second-order valence-electron chi connectivity index (χ2n) is 8.54. The Balaban J connectivity index is 1.68. The minimum Gasteiger partial charge on any atom is -0.483 e. The normalized spacial score (nSPS) is 14.5. The van der Waals surface area contributed by atoms with Crippen LogP contribution in [0.5, 0.6) is 5.75 Å². The van der Waals surface area contributed by atoms with Gasteiger partial charge in [0.25, 0.3) is 0 Å². The van der Waals surface area contributed by atoms with Crippen LogP contribution in [0.3, 0.4) is 0 Å². The lowest BCUT2D eigenvalue weighted by molar-refractivity contribution is 0.0878. The SMILES string of the molecule is CC(C)COCc1c(OC(Cn2ccnc2)c2ccccc2)ccc2c1C(=O)CCC2. The number of aromatic nitrogens is 2. The minimum atomic E-state index is -0.212. The predicted molar refractivity (Wildman–Crippen MR) is 120 cm³/mol. The van der Waals surface area contributed by atoms with Gasteiger partial charge in [-0.15, -0.1) is 0 Å². The van der Waals surface area contributed by atoms with E-state index in [-0.39, 0.29) is 11.9 Å². The molecule has 4 rings (SSSR count). The van der Waals surface area contributed by atoms with Crippen LogP contribution in [0.4, 0.5) is 0 Å². The number of imidazole rings is 1. The maximum absolute atomic E-state index is 12.8. The monoisotopic (exact) mass is 418 g/mol. The molecule has 162 valence electrons. The largest absolute Gasteiger partial charge is 0.483 e. The third-order valence-corrected chi connectivity index (χ3v) is 5.56. The number of nitrogens with zero attached hydrogens (tertiary/aromatic N) is 2. The number of fused-ring (bicyclic) bond motifs is 1. The van der Waals surface area contributed by atoms with Crippen molar-refractivity contribution in [3.8, 4) is 5.75 Å². The van der Waals surface area contributed by atoms with Crippen molar-refractivity contribution in [2.45, 2.75) is 52.4 Å². The van der Waals surface area contributed by atoms with E-state index in [1.807, 2.05) is 41.1 Å². The molecule has 0 radical (unpaired) electrons. The van der Waals surface area contributed by atoms with Gasteiger partial charge in [-0.1, -0.05) is 50.2 Å². The number of hydrogen-bond donors (Lipinski definition) is 0. The number of Topliss-reactive ketones (excluding diaryl/α,β-unsaturated/α-hetero) is 1. The molecule has 0 spiro atoms. The van der Waals surface area contributed by atoms with Crippen LogP contribution in [0, 0.1) is 5.92 Å². The van der Waals surface area contributed by atoms with Gasteiger partial charge in [0, 0.05) is 36.5 Å². The van der Waals surface area contributed by atoms with Crippen molar-refractivity contribution in [1.82, 2.24) is 9.55 Å². The molecular formula is C26H30N2O3. The van der Waals surface area contributed by atoms with Gasteiger partial charge in [0.05, 0.1) is 19.5 Å². The molecule has 0 bridgehead atoms. The standard InChI is InChI=1S/C26H30N2O3/c1-19(2)16-30-17-22-24(12-11-21-9-6-10-23(29)26(21)22)31-25(15-28-14-13-27-18-28)20-7-4-3-5-8-20/h3-5,7-8,11-14,18-19,25H,6,9-10,15-17H2,1-2H3. The summed E-state index contributed by atoms with van der Waals surface area (Å²) in [6.07, 6.45) is 7.71. The lowest BCUT2D eigenvalue weighted by atomic mass is 9.87. The van der Waals surface area contributed by atoms with E-state index < -0.39 is 0 Å². The van der Waals surface area contributed by atoms with Crippen molar-refractivity contribution >= 4 is 5.78 Å². The summed E-state index contributed by atoms with van der Waals surface area (Å²) in [5, 5.41) is 0.